The molecule has 2 aromatic rings. The standard InChI is InChI=1S/C21H29N5O5S/c1-15(2)20-23-19(31-24-20)8-5-9-22-21(28)17-6-4-7-18(14-17)32(29,30)26-12-10-25(11-13-26)16(3)27/h4,6-7,14-15H,5,8-13H2,1-3H3,(H,22,28). The van der Waals surface area contributed by atoms with Crippen molar-refractivity contribution in [2.75, 3.05) is 32.7 Å². The average molecular weight is 464 g/mol. The van der Waals surface area contributed by atoms with Crippen molar-refractivity contribution in [1.29, 1.82) is 0 Å². The van der Waals surface area contributed by atoms with Gasteiger partial charge < -0.3 is 14.7 Å². The molecular formula is C21H29N5O5S. The van der Waals surface area contributed by atoms with Crippen LogP contribution in [0.4, 0.5) is 0 Å². The molecule has 0 bridgehead atoms. The molecule has 1 fully saturated rings. The van der Waals surface area contributed by atoms with E-state index in [0.29, 0.717) is 44.2 Å². The summed E-state index contributed by atoms with van der Waals surface area (Å²) in [6.07, 6.45) is 1.16. The second-order valence-electron chi connectivity index (χ2n) is 8.00. The highest BCUT2D eigenvalue weighted by atomic mass is 32.2. The van der Waals surface area contributed by atoms with Crippen LogP contribution in [0, 0.1) is 0 Å². The van der Waals surface area contributed by atoms with E-state index >= 15 is 0 Å². The Morgan fingerprint density at radius 2 is 1.91 bits per heavy atom. The highest BCUT2D eigenvalue weighted by Gasteiger charge is 2.29. The second-order valence-corrected chi connectivity index (χ2v) is 9.94. The average Bonchev–Trinajstić information content (AvgIpc) is 3.26. The van der Waals surface area contributed by atoms with Gasteiger partial charge in [0.1, 0.15) is 0 Å². The summed E-state index contributed by atoms with van der Waals surface area (Å²) in [7, 11) is -3.75. The van der Waals surface area contributed by atoms with Crippen LogP contribution in [0.25, 0.3) is 0 Å². The van der Waals surface area contributed by atoms with Crippen LogP contribution in [0.1, 0.15) is 55.2 Å². The van der Waals surface area contributed by atoms with E-state index in [9.17, 15) is 18.0 Å². The van der Waals surface area contributed by atoms with Crippen molar-refractivity contribution >= 4 is 21.8 Å². The molecule has 1 aromatic heterocycles. The number of carbonyl (C=O) groups excluding carboxylic acids is 2. The summed E-state index contributed by atoms with van der Waals surface area (Å²) in [6.45, 7) is 6.99. The number of sulfonamides is 1. The largest absolute Gasteiger partial charge is 0.352 e. The van der Waals surface area contributed by atoms with E-state index in [2.05, 4.69) is 15.5 Å². The van der Waals surface area contributed by atoms with Crippen LogP contribution in [-0.2, 0) is 21.2 Å². The van der Waals surface area contributed by atoms with Gasteiger partial charge in [-0.2, -0.15) is 9.29 Å². The summed E-state index contributed by atoms with van der Waals surface area (Å²) >= 11 is 0. The number of nitrogens with zero attached hydrogens (tertiary/aromatic N) is 4. The van der Waals surface area contributed by atoms with Gasteiger partial charge in [0.2, 0.25) is 21.8 Å². The molecule has 0 spiro atoms. The summed E-state index contributed by atoms with van der Waals surface area (Å²) in [4.78, 5) is 30.0. The minimum absolute atomic E-state index is 0.0634. The van der Waals surface area contributed by atoms with Crippen molar-refractivity contribution in [2.24, 2.45) is 0 Å². The van der Waals surface area contributed by atoms with Gasteiger partial charge in [-0.15, -0.1) is 0 Å². The number of benzene rings is 1. The van der Waals surface area contributed by atoms with Crippen LogP contribution in [0.2, 0.25) is 0 Å². The van der Waals surface area contributed by atoms with Crippen LogP contribution >= 0.6 is 0 Å². The van der Waals surface area contributed by atoms with E-state index in [1.807, 2.05) is 13.8 Å². The molecule has 1 aliphatic heterocycles. The normalized spacial score (nSPS) is 15.2. The van der Waals surface area contributed by atoms with Crippen molar-refractivity contribution in [2.45, 2.75) is 44.4 Å². The van der Waals surface area contributed by atoms with Crippen molar-refractivity contribution in [1.82, 2.24) is 24.7 Å². The molecule has 0 radical (unpaired) electrons. The predicted octanol–water partition coefficient (Wildman–Crippen LogP) is 1.41. The minimum Gasteiger partial charge on any atom is -0.352 e. The van der Waals surface area contributed by atoms with Crippen molar-refractivity contribution in [3.05, 3.63) is 41.5 Å². The molecule has 0 unspecified atom stereocenters. The Kier molecular flexibility index (Phi) is 7.62. The number of aromatic nitrogens is 2. The van der Waals surface area contributed by atoms with Gasteiger partial charge in [0.25, 0.3) is 5.91 Å². The summed E-state index contributed by atoms with van der Waals surface area (Å²) in [5.41, 5.74) is 0.272. The van der Waals surface area contributed by atoms with E-state index < -0.39 is 10.0 Å². The number of rotatable bonds is 8. The predicted molar refractivity (Wildman–Crippen MR) is 116 cm³/mol. The molecule has 1 N–H and O–H groups in total. The molecule has 2 heterocycles. The number of piperazine rings is 1. The first-order valence-electron chi connectivity index (χ1n) is 10.6. The number of aryl methyl sites for hydroxylation is 1. The number of amides is 2. The van der Waals surface area contributed by atoms with Crippen LogP contribution < -0.4 is 5.32 Å². The summed E-state index contributed by atoms with van der Waals surface area (Å²) in [6, 6.07) is 5.99. The summed E-state index contributed by atoms with van der Waals surface area (Å²) in [5.74, 6) is 0.955. The third kappa shape index (κ3) is 5.71. The third-order valence-corrected chi connectivity index (χ3v) is 7.17. The Bertz CT molecular complexity index is 1060. The topological polar surface area (TPSA) is 126 Å². The van der Waals surface area contributed by atoms with E-state index in [4.69, 9.17) is 4.52 Å². The molecule has 10 nitrogen and oxygen atoms in total. The zero-order valence-electron chi connectivity index (χ0n) is 18.6. The first kappa shape index (κ1) is 23.9. The highest BCUT2D eigenvalue weighted by Crippen LogP contribution is 2.19. The maximum atomic E-state index is 13.0. The molecule has 0 aliphatic carbocycles. The molecule has 1 saturated heterocycles. The van der Waals surface area contributed by atoms with Crippen molar-refractivity contribution in [3.63, 3.8) is 0 Å². The zero-order valence-corrected chi connectivity index (χ0v) is 19.4. The fourth-order valence-corrected chi connectivity index (χ4v) is 4.81. The van der Waals surface area contributed by atoms with Gasteiger partial charge in [-0.25, -0.2) is 8.42 Å². The van der Waals surface area contributed by atoms with Gasteiger partial charge in [0.05, 0.1) is 4.90 Å². The van der Waals surface area contributed by atoms with Gasteiger partial charge in [-0.05, 0) is 24.6 Å². The summed E-state index contributed by atoms with van der Waals surface area (Å²) < 4.78 is 32.5. The van der Waals surface area contributed by atoms with E-state index in [0.717, 1.165) is 0 Å². The molecule has 1 aliphatic rings. The fourth-order valence-electron chi connectivity index (χ4n) is 3.34. The summed E-state index contributed by atoms with van der Waals surface area (Å²) in [5, 5.41) is 6.70. The maximum absolute atomic E-state index is 13.0. The lowest BCUT2D eigenvalue weighted by molar-refractivity contribution is -0.129. The Labute approximate surface area is 188 Å². The third-order valence-electron chi connectivity index (χ3n) is 5.27. The monoisotopic (exact) mass is 463 g/mol. The molecule has 3 rings (SSSR count). The molecule has 0 saturated carbocycles. The number of hydrogen-bond donors (Lipinski definition) is 1. The van der Waals surface area contributed by atoms with Gasteiger partial charge in [0, 0.05) is 57.5 Å². The van der Waals surface area contributed by atoms with Crippen LogP contribution in [0.3, 0.4) is 0 Å². The minimum atomic E-state index is -3.75. The van der Waals surface area contributed by atoms with Gasteiger partial charge in [0.15, 0.2) is 5.82 Å². The van der Waals surface area contributed by atoms with Crippen molar-refractivity contribution in [3.8, 4) is 0 Å². The van der Waals surface area contributed by atoms with E-state index in [1.54, 1.807) is 17.0 Å². The SMILES string of the molecule is CC(=O)N1CCN(S(=O)(=O)c2cccc(C(=O)NCCCc3nc(C(C)C)no3)c2)CC1. The smallest absolute Gasteiger partial charge is 0.251 e. The Morgan fingerprint density at radius 1 is 1.19 bits per heavy atom. The van der Waals surface area contributed by atoms with Gasteiger partial charge >= 0.3 is 0 Å². The van der Waals surface area contributed by atoms with E-state index in [1.165, 1.54) is 23.4 Å². The quantitative estimate of drug-likeness (QED) is 0.587. The lowest BCUT2D eigenvalue weighted by Crippen LogP contribution is -2.49. The number of hydrogen-bond acceptors (Lipinski definition) is 7. The van der Waals surface area contributed by atoms with Gasteiger partial charge in [-0.3, -0.25) is 9.59 Å². The maximum Gasteiger partial charge on any atom is 0.251 e. The first-order chi connectivity index (χ1) is 15.2. The van der Waals surface area contributed by atoms with Gasteiger partial charge in [-0.1, -0.05) is 25.1 Å². The number of nitrogens with one attached hydrogen (secondary N) is 1. The molecular weight excluding hydrogens is 434 g/mol. The fraction of sp³-hybridized carbons (Fsp3) is 0.524. The highest BCUT2D eigenvalue weighted by molar-refractivity contribution is 7.89. The van der Waals surface area contributed by atoms with Crippen molar-refractivity contribution < 1.29 is 22.5 Å². The molecule has 2 amide bonds. The lowest BCUT2D eigenvalue weighted by atomic mass is 10.2. The Morgan fingerprint density at radius 3 is 2.53 bits per heavy atom. The molecule has 32 heavy (non-hydrogen) atoms. The Hall–Kier alpha value is -2.79. The van der Waals surface area contributed by atoms with Crippen LogP contribution in [-0.4, -0.2) is 72.3 Å². The number of carbonyl (C=O) groups is 2. The molecule has 1 aromatic carbocycles. The van der Waals surface area contributed by atoms with Crippen LogP contribution in [0.5, 0.6) is 0 Å². The zero-order chi connectivity index (χ0) is 23.3. The molecule has 174 valence electrons. The lowest BCUT2D eigenvalue weighted by Gasteiger charge is -2.33. The molecule has 11 heteroatoms. The Balaban J connectivity index is 1.55. The van der Waals surface area contributed by atoms with Crippen LogP contribution in [0.15, 0.2) is 33.7 Å². The van der Waals surface area contributed by atoms with E-state index in [-0.39, 0.29) is 41.3 Å². The first-order valence-corrected chi connectivity index (χ1v) is 12.1. The molecule has 0 atom stereocenters. The second kappa shape index (κ2) is 10.2.